The quantitative estimate of drug-likeness (QED) is 0.369. The number of fused-ring (bicyclic) bond motifs is 3. The van der Waals surface area contributed by atoms with Crippen LogP contribution in [0.15, 0.2) is 0 Å². The van der Waals surface area contributed by atoms with E-state index in [1.807, 2.05) is 0 Å². The van der Waals surface area contributed by atoms with Gasteiger partial charge in [0.15, 0.2) is 0 Å². The van der Waals surface area contributed by atoms with Crippen molar-refractivity contribution in [3.05, 3.63) is 0 Å². The lowest BCUT2D eigenvalue weighted by atomic mass is 9.53. The lowest BCUT2D eigenvalue weighted by molar-refractivity contribution is -0.00413. The van der Waals surface area contributed by atoms with Crippen LogP contribution in [0.4, 0.5) is 0 Å². The van der Waals surface area contributed by atoms with E-state index in [0.717, 1.165) is 10.8 Å². The molecule has 0 aromatic heterocycles. The summed E-state index contributed by atoms with van der Waals surface area (Å²) >= 11 is 0. The Labute approximate surface area is 128 Å². The largest absolute Gasteiger partial charge is 0.0654 e. The van der Waals surface area contributed by atoms with Crippen molar-refractivity contribution >= 4 is 0 Å². The second-order valence-electron chi connectivity index (χ2n) is 8.39. The van der Waals surface area contributed by atoms with Gasteiger partial charge in [0.05, 0.1) is 0 Å². The van der Waals surface area contributed by atoms with E-state index in [-0.39, 0.29) is 0 Å². The van der Waals surface area contributed by atoms with Gasteiger partial charge in [-0.25, -0.2) is 0 Å². The molecule has 3 rings (SSSR count). The van der Waals surface area contributed by atoms with E-state index in [4.69, 9.17) is 0 Å². The van der Waals surface area contributed by atoms with E-state index < -0.39 is 0 Å². The molecule has 3 fully saturated rings. The Morgan fingerprint density at radius 3 is 1.55 bits per heavy atom. The molecule has 20 heavy (non-hydrogen) atoms. The van der Waals surface area contributed by atoms with Crippen LogP contribution in [0.1, 0.15) is 117 Å². The molecule has 3 aliphatic carbocycles. The molecule has 0 saturated heterocycles. The fraction of sp³-hybridized carbons (Fsp3) is 1.00. The van der Waals surface area contributed by atoms with E-state index in [9.17, 15) is 0 Å². The SMILES string of the molecule is CCCCCCCCCCCC12CCC(C)(CC1)CC2. The Kier molecular flexibility index (Phi) is 6.43. The topological polar surface area (TPSA) is 0 Å². The van der Waals surface area contributed by atoms with Gasteiger partial charge in [0.2, 0.25) is 0 Å². The smallest absolute Gasteiger partial charge is 0.0297 e. The van der Waals surface area contributed by atoms with Gasteiger partial charge in [-0.15, -0.1) is 0 Å². The maximum absolute atomic E-state index is 2.54. The van der Waals surface area contributed by atoms with Crippen molar-refractivity contribution in [1.82, 2.24) is 0 Å². The molecule has 3 saturated carbocycles. The molecule has 0 radical (unpaired) electrons. The molecule has 118 valence electrons. The Balaban J connectivity index is 1.47. The summed E-state index contributed by atoms with van der Waals surface area (Å²) in [7, 11) is 0. The van der Waals surface area contributed by atoms with Crippen LogP contribution in [-0.2, 0) is 0 Å². The van der Waals surface area contributed by atoms with Crippen LogP contribution < -0.4 is 0 Å². The highest BCUT2D eigenvalue weighted by Crippen LogP contribution is 2.58. The molecule has 3 aliphatic rings. The lowest BCUT2D eigenvalue weighted by Crippen LogP contribution is -2.39. The number of hydrogen-bond acceptors (Lipinski definition) is 0. The first kappa shape index (κ1) is 16.4. The molecular formula is C20H38. The van der Waals surface area contributed by atoms with Crippen molar-refractivity contribution < 1.29 is 0 Å². The summed E-state index contributed by atoms with van der Waals surface area (Å²) in [4.78, 5) is 0. The molecule has 0 heterocycles. The van der Waals surface area contributed by atoms with Gasteiger partial charge in [0.1, 0.15) is 0 Å². The summed E-state index contributed by atoms with van der Waals surface area (Å²) in [6, 6.07) is 0. The average Bonchev–Trinajstić information content (AvgIpc) is 2.47. The monoisotopic (exact) mass is 278 g/mol. The molecule has 2 bridgehead atoms. The zero-order chi connectivity index (χ0) is 14.3. The van der Waals surface area contributed by atoms with Gasteiger partial charge < -0.3 is 0 Å². The Morgan fingerprint density at radius 1 is 0.600 bits per heavy atom. The molecule has 0 N–H and O–H groups in total. The fourth-order valence-electron chi connectivity index (χ4n) is 4.64. The number of unbranched alkanes of at least 4 members (excludes halogenated alkanes) is 8. The predicted molar refractivity (Wildman–Crippen MR) is 90.1 cm³/mol. The Hall–Kier alpha value is 0. The first-order valence-electron chi connectivity index (χ1n) is 9.68. The third-order valence-electron chi connectivity index (χ3n) is 6.59. The maximum Gasteiger partial charge on any atom is -0.0297 e. The summed E-state index contributed by atoms with van der Waals surface area (Å²) in [5.41, 5.74) is 1.55. The summed E-state index contributed by atoms with van der Waals surface area (Å²) in [6.45, 7) is 4.84. The second-order valence-corrected chi connectivity index (χ2v) is 8.39. The van der Waals surface area contributed by atoms with Crippen molar-refractivity contribution in [2.24, 2.45) is 10.8 Å². The molecule has 0 aromatic carbocycles. The van der Waals surface area contributed by atoms with E-state index in [1.54, 1.807) is 25.7 Å². The molecule has 0 amide bonds. The predicted octanol–water partition coefficient (Wildman–Crippen LogP) is 7.27. The molecule has 0 aliphatic heterocycles. The van der Waals surface area contributed by atoms with Gasteiger partial charge >= 0.3 is 0 Å². The van der Waals surface area contributed by atoms with E-state index in [1.165, 1.54) is 77.0 Å². The molecule has 0 unspecified atom stereocenters. The van der Waals surface area contributed by atoms with Gasteiger partial charge in [-0.3, -0.25) is 0 Å². The minimum absolute atomic E-state index is 0.750. The fourth-order valence-corrected chi connectivity index (χ4v) is 4.64. The van der Waals surface area contributed by atoms with Crippen LogP contribution in [0.3, 0.4) is 0 Å². The van der Waals surface area contributed by atoms with Crippen molar-refractivity contribution in [3.63, 3.8) is 0 Å². The highest BCUT2D eigenvalue weighted by molar-refractivity contribution is 4.97. The van der Waals surface area contributed by atoms with Gasteiger partial charge in [0.25, 0.3) is 0 Å². The first-order chi connectivity index (χ1) is 9.68. The van der Waals surface area contributed by atoms with Crippen LogP contribution in [-0.4, -0.2) is 0 Å². The third kappa shape index (κ3) is 4.78. The van der Waals surface area contributed by atoms with Gasteiger partial charge in [-0.2, -0.15) is 0 Å². The molecule has 0 atom stereocenters. The maximum atomic E-state index is 2.54. The molecule has 0 aromatic rings. The van der Waals surface area contributed by atoms with Gasteiger partial charge in [-0.05, 0) is 55.8 Å². The zero-order valence-corrected chi connectivity index (χ0v) is 14.3. The van der Waals surface area contributed by atoms with Crippen molar-refractivity contribution in [2.75, 3.05) is 0 Å². The lowest BCUT2D eigenvalue weighted by Gasteiger charge is -2.52. The number of hydrogen-bond donors (Lipinski definition) is 0. The highest BCUT2D eigenvalue weighted by Gasteiger charge is 2.45. The Bertz CT molecular complexity index is 241. The summed E-state index contributed by atoms with van der Waals surface area (Å²) in [6.07, 6.45) is 24.1. The Morgan fingerprint density at radius 2 is 1.05 bits per heavy atom. The molecule has 0 spiro atoms. The minimum atomic E-state index is 0.750. The van der Waals surface area contributed by atoms with Crippen LogP contribution in [0.5, 0.6) is 0 Å². The highest BCUT2D eigenvalue weighted by atomic mass is 14.5. The van der Waals surface area contributed by atoms with Crippen molar-refractivity contribution in [1.29, 1.82) is 0 Å². The standard InChI is InChI=1S/C20H38/c1-3-4-5-6-7-8-9-10-11-12-20-16-13-19(2,14-17-20)15-18-20/h3-18H2,1-2H3. The first-order valence-corrected chi connectivity index (χ1v) is 9.68. The average molecular weight is 279 g/mol. The molecule has 0 nitrogen and oxygen atoms in total. The van der Waals surface area contributed by atoms with Crippen LogP contribution in [0, 0.1) is 10.8 Å². The van der Waals surface area contributed by atoms with Crippen LogP contribution in [0.2, 0.25) is 0 Å². The van der Waals surface area contributed by atoms with Crippen LogP contribution in [0.25, 0.3) is 0 Å². The second kappa shape index (κ2) is 7.85. The van der Waals surface area contributed by atoms with Gasteiger partial charge in [0, 0.05) is 0 Å². The van der Waals surface area contributed by atoms with Crippen molar-refractivity contribution in [3.8, 4) is 0 Å². The molecule has 0 heteroatoms. The molecular weight excluding hydrogens is 240 g/mol. The zero-order valence-electron chi connectivity index (χ0n) is 14.3. The summed E-state index contributed by atoms with van der Waals surface area (Å²) < 4.78 is 0. The number of rotatable bonds is 10. The summed E-state index contributed by atoms with van der Waals surface area (Å²) in [5.74, 6) is 0. The van der Waals surface area contributed by atoms with Crippen molar-refractivity contribution in [2.45, 2.75) is 117 Å². The van der Waals surface area contributed by atoms with Gasteiger partial charge in [-0.1, -0.05) is 71.6 Å². The van der Waals surface area contributed by atoms with Crippen LogP contribution >= 0.6 is 0 Å². The third-order valence-corrected chi connectivity index (χ3v) is 6.59. The van der Waals surface area contributed by atoms with E-state index in [0.29, 0.717) is 0 Å². The normalized spacial score (nSPS) is 32.7. The summed E-state index contributed by atoms with van der Waals surface area (Å²) in [5, 5.41) is 0. The minimum Gasteiger partial charge on any atom is -0.0654 e. The van der Waals surface area contributed by atoms with E-state index in [2.05, 4.69) is 13.8 Å². The van der Waals surface area contributed by atoms with E-state index >= 15 is 0 Å².